The molecule has 4 N–H and O–H groups in total. The molecule has 9 nitrogen and oxygen atoms in total. The minimum absolute atomic E-state index is 0.0979. The number of carboxylic acid groups (broad SMARTS) is 1. The Labute approximate surface area is 162 Å². The predicted molar refractivity (Wildman–Crippen MR) is 107 cm³/mol. The molecule has 0 aliphatic carbocycles. The molecular weight excluding hydrogens is 364 g/mol. The molecule has 0 saturated carbocycles. The lowest BCUT2D eigenvalue weighted by Crippen LogP contribution is -2.39. The topological polar surface area (TPSA) is 131 Å². The lowest BCUT2D eigenvalue weighted by Gasteiger charge is -2.26. The zero-order valence-corrected chi connectivity index (χ0v) is 16.3. The predicted octanol–water partition coefficient (Wildman–Crippen LogP) is 1.13. The summed E-state index contributed by atoms with van der Waals surface area (Å²) in [6.45, 7) is 5.28. The van der Waals surface area contributed by atoms with Crippen LogP contribution in [-0.2, 0) is 17.8 Å². The van der Waals surface area contributed by atoms with E-state index in [1.54, 1.807) is 24.1 Å². The van der Waals surface area contributed by atoms with Crippen molar-refractivity contribution >= 4 is 17.5 Å². The van der Waals surface area contributed by atoms with Crippen LogP contribution in [0.4, 0.5) is 11.5 Å². The summed E-state index contributed by atoms with van der Waals surface area (Å²) in [6.07, 6.45) is 0. The highest BCUT2D eigenvalue weighted by Gasteiger charge is 2.19. The van der Waals surface area contributed by atoms with Crippen molar-refractivity contribution in [1.82, 2.24) is 9.55 Å². The van der Waals surface area contributed by atoms with E-state index in [4.69, 9.17) is 15.6 Å². The molecule has 0 radical (unpaired) electrons. The average molecular weight is 390 g/mol. The summed E-state index contributed by atoms with van der Waals surface area (Å²) >= 11 is 0. The van der Waals surface area contributed by atoms with Gasteiger partial charge in [0.05, 0.1) is 12.2 Å². The lowest BCUT2D eigenvalue weighted by molar-refractivity contribution is 0.0697. The van der Waals surface area contributed by atoms with Crippen LogP contribution < -0.4 is 21.9 Å². The van der Waals surface area contributed by atoms with Crippen LogP contribution in [0.25, 0.3) is 0 Å². The fraction of sp³-hybridized carbons (Fsp3) is 0.421. The van der Waals surface area contributed by atoms with E-state index < -0.39 is 17.2 Å². The number of nitrogens with two attached hydrogens (primary N) is 1. The second-order valence-electron chi connectivity index (χ2n) is 6.91. The van der Waals surface area contributed by atoms with Gasteiger partial charge in [-0.05, 0) is 23.6 Å². The first-order valence-corrected chi connectivity index (χ1v) is 8.93. The molecular formula is C19H26N4O5. The van der Waals surface area contributed by atoms with Gasteiger partial charge in [-0.15, -0.1) is 0 Å². The Balaban J connectivity index is 2.46. The number of carbonyl (C=O) groups is 1. The van der Waals surface area contributed by atoms with Crippen molar-refractivity contribution in [2.24, 2.45) is 5.92 Å². The van der Waals surface area contributed by atoms with Crippen molar-refractivity contribution in [3.63, 3.8) is 0 Å². The molecule has 0 amide bonds. The van der Waals surface area contributed by atoms with Crippen LogP contribution in [-0.4, -0.2) is 40.9 Å². The van der Waals surface area contributed by atoms with Gasteiger partial charge in [0.1, 0.15) is 11.5 Å². The van der Waals surface area contributed by atoms with E-state index in [0.29, 0.717) is 26.2 Å². The van der Waals surface area contributed by atoms with E-state index in [1.165, 1.54) is 16.7 Å². The van der Waals surface area contributed by atoms with Gasteiger partial charge >= 0.3 is 11.7 Å². The second kappa shape index (κ2) is 9.23. The highest BCUT2D eigenvalue weighted by Crippen LogP contribution is 2.20. The number of aromatic carboxylic acids is 1. The Morgan fingerprint density at radius 3 is 2.46 bits per heavy atom. The summed E-state index contributed by atoms with van der Waals surface area (Å²) in [5, 5.41) is 9.03. The van der Waals surface area contributed by atoms with Gasteiger partial charge in [-0.3, -0.25) is 14.3 Å². The van der Waals surface area contributed by atoms with E-state index in [0.717, 1.165) is 5.56 Å². The van der Waals surface area contributed by atoms with Crippen molar-refractivity contribution < 1.29 is 14.6 Å². The number of methoxy groups -OCH3 is 1. The van der Waals surface area contributed by atoms with E-state index in [2.05, 4.69) is 4.98 Å². The number of aromatic amines is 1. The van der Waals surface area contributed by atoms with Gasteiger partial charge in [-0.2, -0.15) is 0 Å². The summed E-state index contributed by atoms with van der Waals surface area (Å²) in [6, 6.07) is 6.36. The van der Waals surface area contributed by atoms with Gasteiger partial charge in [0, 0.05) is 26.7 Å². The zero-order valence-electron chi connectivity index (χ0n) is 16.3. The molecule has 0 fully saturated rings. The van der Waals surface area contributed by atoms with Gasteiger partial charge in [0.25, 0.3) is 5.56 Å². The Bertz CT molecular complexity index is 931. The first-order valence-electron chi connectivity index (χ1n) is 8.93. The van der Waals surface area contributed by atoms with Crippen LogP contribution in [0, 0.1) is 5.92 Å². The third-order valence-corrected chi connectivity index (χ3v) is 4.22. The van der Waals surface area contributed by atoms with Crippen molar-refractivity contribution in [1.29, 1.82) is 0 Å². The lowest BCUT2D eigenvalue weighted by atomic mass is 10.1. The molecule has 0 atom stereocenters. The SMILES string of the molecule is COCCN(Cc1ccc(C(=O)O)cc1)c1c(N)n(CC(C)C)c(=O)[nH]c1=O. The average Bonchev–Trinajstić information content (AvgIpc) is 2.63. The van der Waals surface area contributed by atoms with Gasteiger partial charge in [-0.25, -0.2) is 9.59 Å². The summed E-state index contributed by atoms with van der Waals surface area (Å²) < 4.78 is 6.50. The Hall–Kier alpha value is -3.07. The van der Waals surface area contributed by atoms with Gasteiger partial charge in [0.2, 0.25) is 0 Å². The summed E-state index contributed by atoms with van der Waals surface area (Å²) in [4.78, 5) is 39.8. The molecule has 0 aliphatic rings. The van der Waals surface area contributed by atoms with Crippen molar-refractivity contribution in [2.75, 3.05) is 30.9 Å². The maximum Gasteiger partial charge on any atom is 0.335 e. The zero-order chi connectivity index (χ0) is 20.8. The number of nitrogens with zero attached hydrogens (tertiary/aromatic N) is 2. The molecule has 0 bridgehead atoms. The molecule has 0 saturated heterocycles. The van der Waals surface area contributed by atoms with E-state index in [9.17, 15) is 14.4 Å². The Morgan fingerprint density at radius 1 is 1.29 bits per heavy atom. The van der Waals surface area contributed by atoms with Gasteiger partial charge in [-0.1, -0.05) is 26.0 Å². The molecule has 1 aromatic heterocycles. The molecule has 2 aromatic rings. The highest BCUT2D eigenvalue weighted by atomic mass is 16.5. The maximum absolute atomic E-state index is 12.5. The first-order chi connectivity index (χ1) is 13.2. The van der Waals surface area contributed by atoms with Crippen molar-refractivity contribution in [2.45, 2.75) is 26.9 Å². The number of rotatable bonds is 9. The van der Waals surface area contributed by atoms with E-state index in [1.807, 2.05) is 13.8 Å². The number of hydrogen-bond acceptors (Lipinski definition) is 6. The van der Waals surface area contributed by atoms with Crippen LogP contribution in [0.2, 0.25) is 0 Å². The van der Waals surface area contributed by atoms with Crippen LogP contribution in [0.3, 0.4) is 0 Å². The Kier molecular flexibility index (Phi) is 7.00. The number of benzene rings is 1. The number of hydrogen-bond donors (Lipinski definition) is 3. The second-order valence-corrected chi connectivity index (χ2v) is 6.91. The molecule has 152 valence electrons. The van der Waals surface area contributed by atoms with Gasteiger partial charge in [0.15, 0.2) is 0 Å². The highest BCUT2D eigenvalue weighted by molar-refractivity contribution is 5.87. The van der Waals surface area contributed by atoms with E-state index in [-0.39, 0.29) is 23.0 Å². The molecule has 0 aliphatic heterocycles. The largest absolute Gasteiger partial charge is 0.478 e. The molecule has 2 rings (SSSR count). The molecule has 0 unspecified atom stereocenters. The number of nitrogen functional groups attached to an aromatic ring is 1. The van der Waals surface area contributed by atoms with Crippen molar-refractivity contribution in [3.05, 3.63) is 56.2 Å². The minimum Gasteiger partial charge on any atom is -0.478 e. The standard InChI is InChI=1S/C19H26N4O5/c1-12(2)10-23-16(20)15(17(24)21-19(23)27)22(8-9-28-3)11-13-4-6-14(7-5-13)18(25)26/h4-7,12H,8-11,20H2,1-3H3,(H,25,26)(H,21,24,27). The minimum atomic E-state index is -1.01. The maximum atomic E-state index is 12.5. The van der Waals surface area contributed by atoms with Crippen LogP contribution in [0.15, 0.2) is 33.9 Å². The van der Waals surface area contributed by atoms with Crippen LogP contribution >= 0.6 is 0 Å². The number of ether oxygens (including phenoxy) is 1. The summed E-state index contributed by atoms with van der Waals surface area (Å²) in [7, 11) is 1.55. The number of carboxylic acids is 1. The summed E-state index contributed by atoms with van der Waals surface area (Å²) in [5.74, 6) is -0.750. The molecule has 1 heterocycles. The fourth-order valence-corrected chi connectivity index (χ4v) is 2.87. The Morgan fingerprint density at radius 2 is 1.93 bits per heavy atom. The first kappa shape index (κ1) is 21.2. The molecule has 1 aromatic carbocycles. The number of H-pyrrole nitrogens is 1. The number of aromatic nitrogens is 2. The third kappa shape index (κ3) is 5.01. The quantitative estimate of drug-likeness (QED) is 0.585. The van der Waals surface area contributed by atoms with E-state index >= 15 is 0 Å². The molecule has 0 spiro atoms. The number of nitrogens with one attached hydrogen (secondary N) is 1. The normalized spacial score (nSPS) is 11.0. The monoisotopic (exact) mass is 390 g/mol. The molecule has 28 heavy (non-hydrogen) atoms. The van der Waals surface area contributed by atoms with Crippen molar-refractivity contribution in [3.8, 4) is 0 Å². The van der Waals surface area contributed by atoms with Gasteiger partial charge < -0.3 is 20.5 Å². The third-order valence-electron chi connectivity index (χ3n) is 4.22. The van der Waals surface area contributed by atoms with Crippen LogP contribution in [0.1, 0.15) is 29.8 Å². The summed E-state index contributed by atoms with van der Waals surface area (Å²) in [5.41, 5.74) is 6.26. The fourth-order valence-electron chi connectivity index (χ4n) is 2.87. The molecule has 9 heteroatoms. The number of anilines is 2. The van der Waals surface area contributed by atoms with Crippen LogP contribution in [0.5, 0.6) is 0 Å². The smallest absolute Gasteiger partial charge is 0.335 e.